The number of rotatable bonds is 10. The number of aliphatic hydroxyl groups is 1. The summed E-state index contributed by atoms with van der Waals surface area (Å²) in [6.07, 6.45) is 1.01. The predicted molar refractivity (Wildman–Crippen MR) is 179 cm³/mol. The maximum absolute atomic E-state index is 13.1. The number of nitrogens with one attached hydrogen (secondary N) is 1. The van der Waals surface area contributed by atoms with Gasteiger partial charge in [0.15, 0.2) is 0 Å². The molecule has 11 heteroatoms. The van der Waals surface area contributed by atoms with Crippen LogP contribution in [-0.4, -0.2) is 60.8 Å². The highest BCUT2D eigenvalue weighted by Gasteiger charge is 2.27. The molecule has 0 radical (unpaired) electrons. The Morgan fingerprint density at radius 2 is 2.04 bits per heavy atom. The fourth-order valence-electron chi connectivity index (χ4n) is 6.44. The van der Waals surface area contributed by atoms with Crippen LogP contribution >= 0.6 is 11.3 Å². The van der Waals surface area contributed by atoms with E-state index in [2.05, 4.69) is 56.8 Å². The van der Waals surface area contributed by atoms with E-state index >= 15 is 0 Å². The van der Waals surface area contributed by atoms with Crippen LogP contribution in [0.25, 0.3) is 21.1 Å². The summed E-state index contributed by atoms with van der Waals surface area (Å²) in [5.41, 5.74) is 5.37. The third-order valence-electron chi connectivity index (χ3n) is 8.57. The van der Waals surface area contributed by atoms with Gasteiger partial charge in [-0.15, -0.1) is 16.4 Å². The zero-order valence-corrected chi connectivity index (χ0v) is 27.8. The molecule has 0 spiro atoms. The summed E-state index contributed by atoms with van der Waals surface area (Å²) in [6.45, 7) is 12.0. The third-order valence-corrected chi connectivity index (χ3v) is 9.57. The maximum Gasteiger partial charge on any atom is 0.306 e. The molecular weight excluding hydrogens is 602 g/mol. The van der Waals surface area contributed by atoms with Crippen LogP contribution in [0, 0.1) is 6.92 Å². The molecule has 4 heterocycles. The summed E-state index contributed by atoms with van der Waals surface area (Å²) in [4.78, 5) is 30.6. The number of hydrogen-bond acceptors (Lipinski definition) is 9. The molecular formula is C35H41N5O5S. The van der Waals surface area contributed by atoms with Gasteiger partial charge < -0.3 is 19.6 Å². The van der Waals surface area contributed by atoms with Crippen molar-refractivity contribution in [2.75, 3.05) is 13.2 Å². The smallest absolute Gasteiger partial charge is 0.306 e. The van der Waals surface area contributed by atoms with Crippen molar-refractivity contribution in [2.45, 2.75) is 84.7 Å². The Kier molecular flexibility index (Phi) is 9.00. The van der Waals surface area contributed by atoms with E-state index in [4.69, 9.17) is 9.47 Å². The number of thiophene rings is 1. The molecule has 2 N–H and O–H groups in total. The number of benzene rings is 2. The van der Waals surface area contributed by atoms with Gasteiger partial charge in [-0.2, -0.15) is 0 Å². The first-order valence-corrected chi connectivity index (χ1v) is 16.7. The largest absolute Gasteiger partial charge is 0.487 e. The minimum atomic E-state index is -0.944. The second kappa shape index (κ2) is 13.0. The van der Waals surface area contributed by atoms with Crippen LogP contribution in [0.15, 0.2) is 52.6 Å². The molecule has 242 valence electrons. The van der Waals surface area contributed by atoms with E-state index in [0.717, 1.165) is 56.5 Å². The van der Waals surface area contributed by atoms with Gasteiger partial charge in [0.25, 0.3) is 0 Å². The lowest BCUT2D eigenvalue weighted by Gasteiger charge is -2.25. The van der Waals surface area contributed by atoms with Crippen molar-refractivity contribution < 1.29 is 19.4 Å². The minimum absolute atomic E-state index is 0.00933. The highest BCUT2D eigenvalue weighted by Crippen LogP contribution is 2.38. The fourth-order valence-corrected chi connectivity index (χ4v) is 7.33. The molecule has 1 aliphatic heterocycles. The van der Waals surface area contributed by atoms with Crippen molar-refractivity contribution in [2.24, 2.45) is 0 Å². The molecule has 0 fully saturated rings. The standard InChI is InChI=1S/C35H41N5O5S/c1-6-25-18-39(19-28-30(45-25)10-11-31(41)36-28)17-24-15-23(14-22-12-13-46-34(22)24)27(16-32(42)44-7-2)26-8-9-29-33(21(26)3)37-38-40(29)20-35(4,5)43/h8-15,25,27,43H,6-7,16-20H2,1-5H3,(H,36,41)/t25-,27?/m1/s1. The molecule has 3 aromatic heterocycles. The molecule has 46 heavy (non-hydrogen) atoms. The van der Waals surface area contributed by atoms with Gasteiger partial charge in [0.1, 0.15) is 17.4 Å². The van der Waals surface area contributed by atoms with Gasteiger partial charge in [0, 0.05) is 36.3 Å². The molecule has 0 saturated heterocycles. The summed E-state index contributed by atoms with van der Waals surface area (Å²) in [5.74, 6) is 0.184. The lowest BCUT2D eigenvalue weighted by molar-refractivity contribution is -0.143. The van der Waals surface area contributed by atoms with Crippen molar-refractivity contribution in [3.05, 3.63) is 86.1 Å². The SMILES string of the molecule is CCOC(=O)CC(c1cc(CN2Cc3[nH]c(=O)ccc3O[C@H](CC)C2)c2sccc2c1)c1ccc2c(nnn2CC(C)(C)O)c1C. The number of carbonyl (C=O) groups excluding carboxylic acids is 1. The maximum atomic E-state index is 13.1. The molecule has 2 aromatic carbocycles. The summed E-state index contributed by atoms with van der Waals surface area (Å²) < 4.78 is 14.7. The molecule has 1 aliphatic rings. The Balaban J connectivity index is 1.41. The molecule has 6 rings (SSSR count). The summed E-state index contributed by atoms with van der Waals surface area (Å²) in [5, 5.41) is 22.5. The molecule has 0 aliphatic carbocycles. The zero-order chi connectivity index (χ0) is 32.6. The van der Waals surface area contributed by atoms with Gasteiger partial charge in [0.05, 0.1) is 36.4 Å². The quantitative estimate of drug-likeness (QED) is 0.187. The van der Waals surface area contributed by atoms with Gasteiger partial charge >= 0.3 is 5.97 Å². The van der Waals surface area contributed by atoms with E-state index in [1.807, 2.05) is 19.9 Å². The van der Waals surface area contributed by atoms with Crippen molar-refractivity contribution in [1.82, 2.24) is 24.9 Å². The van der Waals surface area contributed by atoms with E-state index < -0.39 is 5.60 Å². The van der Waals surface area contributed by atoms with Crippen molar-refractivity contribution >= 4 is 38.4 Å². The van der Waals surface area contributed by atoms with Gasteiger partial charge in [-0.25, -0.2) is 4.68 Å². The van der Waals surface area contributed by atoms with Crippen LogP contribution in [0.1, 0.15) is 74.4 Å². The van der Waals surface area contributed by atoms with E-state index in [1.54, 1.807) is 35.9 Å². The molecule has 0 saturated carbocycles. The number of aromatic nitrogens is 4. The summed E-state index contributed by atoms with van der Waals surface area (Å²) >= 11 is 1.70. The van der Waals surface area contributed by atoms with Crippen LogP contribution in [0.5, 0.6) is 5.75 Å². The second-order valence-corrected chi connectivity index (χ2v) is 13.7. The zero-order valence-electron chi connectivity index (χ0n) is 27.0. The minimum Gasteiger partial charge on any atom is -0.487 e. The second-order valence-electron chi connectivity index (χ2n) is 12.8. The normalized spacial score (nSPS) is 16.3. The monoisotopic (exact) mass is 643 g/mol. The third kappa shape index (κ3) is 6.72. The lowest BCUT2D eigenvalue weighted by atomic mass is 9.84. The van der Waals surface area contributed by atoms with Gasteiger partial charge in [-0.05, 0) is 91.4 Å². The van der Waals surface area contributed by atoms with Gasteiger partial charge in [0.2, 0.25) is 5.56 Å². The molecule has 0 amide bonds. The number of ether oxygens (including phenoxy) is 2. The lowest BCUT2D eigenvalue weighted by Crippen LogP contribution is -2.32. The number of carbonyl (C=O) groups is 1. The topological polar surface area (TPSA) is 123 Å². The van der Waals surface area contributed by atoms with E-state index in [-0.39, 0.29) is 30.0 Å². The molecule has 0 bridgehead atoms. The van der Waals surface area contributed by atoms with Crippen LogP contribution in [-0.2, 0) is 29.2 Å². The van der Waals surface area contributed by atoms with Crippen LogP contribution in [0.4, 0.5) is 0 Å². The first-order chi connectivity index (χ1) is 22.0. The Morgan fingerprint density at radius 1 is 1.22 bits per heavy atom. The first kappa shape index (κ1) is 31.9. The number of aromatic amines is 1. The fraction of sp³-hybridized carbons (Fsp3) is 0.429. The van der Waals surface area contributed by atoms with Crippen molar-refractivity contribution in [3.8, 4) is 5.75 Å². The number of hydrogen-bond donors (Lipinski definition) is 2. The number of H-pyrrole nitrogens is 1. The number of nitrogens with zero attached hydrogens (tertiary/aromatic N) is 4. The Hall–Kier alpha value is -4.06. The molecule has 10 nitrogen and oxygen atoms in total. The average Bonchev–Trinajstić information content (AvgIpc) is 3.60. The van der Waals surface area contributed by atoms with Crippen LogP contribution < -0.4 is 10.3 Å². The number of esters is 1. The number of pyridine rings is 1. The average molecular weight is 644 g/mol. The van der Waals surface area contributed by atoms with Crippen LogP contribution in [0.3, 0.4) is 0 Å². The Labute approximate surface area is 272 Å². The molecule has 2 atom stereocenters. The highest BCUT2D eigenvalue weighted by atomic mass is 32.1. The Bertz CT molecular complexity index is 1940. The number of aryl methyl sites for hydroxylation is 1. The van der Waals surface area contributed by atoms with E-state index in [0.29, 0.717) is 32.8 Å². The summed E-state index contributed by atoms with van der Waals surface area (Å²) in [6, 6.07) is 13.8. The Morgan fingerprint density at radius 3 is 2.80 bits per heavy atom. The van der Waals surface area contributed by atoms with Gasteiger partial charge in [-0.3, -0.25) is 14.5 Å². The van der Waals surface area contributed by atoms with Gasteiger partial charge in [-0.1, -0.05) is 24.3 Å². The van der Waals surface area contributed by atoms with Crippen molar-refractivity contribution in [1.29, 1.82) is 0 Å². The number of fused-ring (bicyclic) bond motifs is 3. The van der Waals surface area contributed by atoms with Crippen molar-refractivity contribution in [3.63, 3.8) is 0 Å². The summed E-state index contributed by atoms with van der Waals surface area (Å²) in [7, 11) is 0. The van der Waals surface area contributed by atoms with E-state index in [1.165, 1.54) is 10.8 Å². The van der Waals surface area contributed by atoms with E-state index in [9.17, 15) is 14.7 Å². The van der Waals surface area contributed by atoms with Crippen LogP contribution in [0.2, 0.25) is 0 Å². The molecule has 1 unspecified atom stereocenters. The first-order valence-electron chi connectivity index (χ1n) is 15.8. The molecule has 5 aromatic rings. The highest BCUT2D eigenvalue weighted by molar-refractivity contribution is 7.17. The predicted octanol–water partition coefficient (Wildman–Crippen LogP) is 5.67.